The van der Waals surface area contributed by atoms with E-state index in [4.69, 9.17) is 9.72 Å². The molecule has 1 atom stereocenters. The first-order valence-corrected chi connectivity index (χ1v) is 13.2. The molecule has 3 aromatic heterocycles. The van der Waals surface area contributed by atoms with E-state index in [-0.39, 0.29) is 5.60 Å². The molecule has 0 bridgehead atoms. The number of aryl methyl sites for hydroxylation is 1. The zero-order valence-corrected chi connectivity index (χ0v) is 19.8. The van der Waals surface area contributed by atoms with E-state index in [1.54, 1.807) is 34.9 Å². The zero-order valence-electron chi connectivity index (χ0n) is 17.3. The highest BCUT2D eigenvalue weighted by Crippen LogP contribution is 2.42. The van der Waals surface area contributed by atoms with Crippen molar-refractivity contribution in [3.05, 3.63) is 46.3 Å². The Morgan fingerprint density at radius 2 is 2.03 bits per heavy atom. The van der Waals surface area contributed by atoms with E-state index in [9.17, 15) is 0 Å². The van der Waals surface area contributed by atoms with Crippen LogP contribution in [0.4, 0.5) is 0 Å². The van der Waals surface area contributed by atoms with Gasteiger partial charge in [-0.25, -0.2) is 9.38 Å². The van der Waals surface area contributed by atoms with Crippen molar-refractivity contribution in [3.63, 3.8) is 0 Å². The van der Waals surface area contributed by atoms with Gasteiger partial charge >= 0.3 is 0 Å². The molecule has 0 amide bonds. The fourth-order valence-electron chi connectivity index (χ4n) is 3.88. The van der Waals surface area contributed by atoms with Gasteiger partial charge < -0.3 is 4.74 Å². The van der Waals surface area contributed by atoms with Gasteiger partial charge in [-0.2, -0.15) is 0 Å². The number of hydrogen-bond acceptors (Lipinski definition) is 7. The second-order valence-corrected chi connectivity index (χ2v) is 10.7. The SMILES string of the molecule is CC[C@@]1(C)Cc2c(sc3nc(SC)n4c(SCCc5ccccc5)nnc4c23)CO1. The van der Waals surface area contributed by atoms with Crippen molar-refractivity contribution < 1.29 is 4.74 Å². The Kier molecular flexibility index (Phi) is 5.51. The first-order valence-electron chi connectivity index (χ1n) is 10.2. The van der Waals surface area contributed by atoms with Crippen LogP contribution < -0.4 is 0 Å². The van der Waals surface area contributed by atoms with Crippen molar-refractivity contribution in [2.75, 3.05) is 12.0 Å². The molecule has 1 aliphatic heterocycles. The Labute approximate surface area is 188 Å². The van der Waals surface area contributed by atoms with Crippen LogP contribution >= 0.6 is 34.9 Å². The normalized spacial score (nSPS) is 18.9. The summed E-state index contributed by atoms with van der Waals surface area (Å²) in [6, 6.07) is 10.6. The lowest BCUT2D eigenvalue weighted by molar-refractivity contribution is -0.0542. The standard InChI is InChI=1S/C22H24N4OS3/c1-4-22(2)12-15-16(13-27-22)30-19-17(15)18-24-25-21(26(18)20(23-19)28-3)29-11-10-14-8-6-5-7-9-14/h5-9H,4,10-13H2,1-3H3/t22-/m0/s1. The molecule has 0 fully saturated rings. The van der Waals surface area contributed by atoms with Crippen LogP contribution in [0.2, 0.25) is 0 Å². The third-order valence-electron chi connectivity index (χ3n) is 5.82. The molecular formula is C22H24N4OS3. The Morgan fingerprint density at radius 1 is 1.20 bits per heavy atom. The zero-order chi connectivity index (χ0) is 20.7. The summed E-state index contributed by atoms with van der Waals surface area (Å²) in [6.07, 6.45) is 4.96. The quantitative estimate of drug-likeness (QED) is 0.277. The van der Waals surface area contributed by atoms with Gasteiger partial charge in [0, 0.05) is 17.1 Å². The lowest BCUT2D eigenvalue weighted by Gasteiger charge is -2.32. The van der Waals surface area contributed by atoms with E-state index in [2.05, 4.69) is 65.0 Å². The lowest BCUT2D eigenvalue weighted by atomic mass is 9.90. The monoisotopic (exact) mass is 456 g/mol. The summed E-state index contributed by atoms with van der Waals surface area (Å²) in [7, 11) is 0. The van der Waals surface area contributed by atoms with Gasteiger partial charge in [0.2, 0.25) is 0 Å². The molecule has 30 heavy (non-hydrogen) atoms. The number of nitrogens with zero attached hydrogens (tertiary/aromatic N) is 4. The average Bonchev–Trinajstić information content (AvgIpc) is 3.35. The van der Waals surface area contributed by atoms with Crippen LogP contribution in [0.15, 0.2) is 40.6 Å². The van der Waals surface area contributed by atoms with Crippen molar-refractivity contribution >= 4 is 50.7 Å². The molecular weight excluding hydrogens is 432 g/mol. The summed E-state index contributed by atoms with van der Waals surface area (Å²) >= 11 is 5.14. The molecule has 4 aromatic rings. The van der Waals surface area contributed by atoms with Crippen LogP contribution in [-0.2, 0) is 24.2 Å². The summed E-state index contributed by atoms with van der Waals surface area (Å²) in [4.78, 5) is 7.33. The van der Waals surface area contributed by atoms with Crippen molar-refractivity contribution in [3.8, 4) is 0 Å². The molecule has 5 nitrogen and oxygen atoms in total. The van der Waals surface area contributed by atoms with Crippen LogP contribution in [0, 0.1) is 0 Å². The van der Waals surface area contributed by atoms with Gasteiger partial charge in [0.05, 0.1) is 17.6 Å². The highest BCUT2D eigenvalue weighted by molar-refractivity contribution is 7.99. The van der Waals surface area contributed by atoms with Crippen LogP contribution in [0.1, 0.15) is 36.3 Å². The van der Waals surface area contributed by atoms with E-state index in [0.717, 1.165) is 51.2 Å². The van der Waals surface area contributed by atoms with Crippen LogP contribution in [0.3, 0.4) is 0 Å². The molecule has 0 saturated carbocycles. The number of ether oxygens (including phenoxy) is 1. The van der Waals surface area contributed by atoms with Crippen molar-refractivity contribution in [2.24, 2.45) is 0 Å². The molecule has 0 N–H and O–H groups in total. The topological polar surface area (TPSA) is 52.3 Å². The molecule has 0 aliphatic carbocycles. The number of fused-ring (bicyclic) bond motifs is 5. The second kappa shape index (κ2) is 8.15. The maximum atomic E-state index is 6.17. The van der Waals surface area contributed by atoms with E-state index < -0.39 is 0 Å². The molecule has 156 valence electrons. The van der Waals surface area contributed by atoms with Crippen molar-refractivity contribution in [2.45, 2.75) is 55.6 Å². The fourth-order valence-corrected chi connectivity index (χ4v) is 6.55. The molecule has 5 rings (SSSR count). The van der Waals surface area contributed by atoms with Gasteiger partial charge in [0.15, 0.2) is 16.0 Å². The summed E-state index contributed by atoms with van der Waals surface area (Å²) < 4.78 is 8.32. The molecule has 0 unspecified atom stereocenters. The predicted octanol–water partition coefficient (Wildman–Crippen LogP) is 5.64. The molecule has 0 spiro atoms. The summed E-state index contributed by atoms with van der Waals surface area (Å²) in [5, 5.41) is 12.2. The Balaban J connectivity index is 1.54. The van der Waals surface area contributed by atoms with Gasteiger partial charge in [-0.15, -0.1) is 21.5 Å². The van der Waals surface area contributed by atoms with Gasteiger partial charge in [0.1, 0.15) is 4.83 Å². The number of rotatable bonds is 6. The maximum Gasteiger partial charge on any atom is 0.197 e. The summed E-state index contributed by atoms with van der Waals surface area (Å²) in [5.74, 6) is 0.958. The summed E-state index contributed by atoms with van der Waals surface area (Å²) in [6.45, 7) is 5.06. The first kappa shape index (κ1) is 20.3. The third kappa shape index (κ3) is 3.53. The van der Waals surface area contributed by atoms with Crippen LogP contribution in [0.5, 0.6) is 0 Å². The molecule has 8 heteroatoms. The molecule has 0 radical (unpaired) electrons. The first-order chi connectivity index (χ1) is 14.6. The highest BCUT2D eigenvalue weighted by Gasteiger charge is 2.33. The number of benzene rings is 1. The van der Waals surface area contributed by atoms with Gasteiger partial charge in [-0.3, -0.25) is 0 Å². The second-order valence-electron chi connectivity index (χ2n) is 7.78. The number of thiophene rings is 1. The smallest absolute Gasteiger partial charge is 0.197 e. The third-order valence-corrected chi connectivity index (χ3v) is 8.48. The minimum absolute atomic E-state index is 0.122. The average molecular weight is 457 g/mol. The fraction of sp³-hybridized carbons (Fsp3) is 0.409. The predicted molar refractivity (Wildman–Crippen MR) is 126 cm³/mol. The maximum absolute atomic E-state index is 6.17. The van der Waals surface area contributed by atoms with Crippen LogP contribution in [0.25, 0.3) is 15.9 Å². The van der Waals surface area contributed by atoms with E-state index >= 15 is 0 Å². The van der Waals surface area contributed by atoms with E-state index in [0.29, 0.717) is 6.61 Å². The van der Waals surface area contributed by atoms with Crippen molar-refractivity contribution in [1.29, 1.82) is 0 Å². The molecule has 4 heterocycles. The van der Waals surface area contributed by atoms with E-state index in [1.165, 1.54) is 16.0 Å². The van der Waals surface area contributed by atoms with Crippen molar-refractivity contribution in [1.82, 2.24) is 19.6 Å². The Bertz CT molecular complexity index is 1200. The van der Waals surface area contributed by atoms with Gasteiger partial charge in [-0.05, 0) is 37.1 Å². The molecule has 1 aromatic carbocycles. The lowest BCUT2D eigenvalue weighted by Crippen LogP contribution is -2.33. The van der Waals surface area contributed by atoms with E-state index in [1.807, 2.05) is 0 Å². The largest absolute Gasteiger partial charge is 0.369 e. The van der Waals surface area contributed by atoms with Gasteiger partial charge in [-0.1, -0.05) is 60.8 Å². The number of hydrogen-bond donors (Lipinski definition) is 0. The molecule has 1 aliphatic rings. The highest BCUT2D eigenvalue weighted by atomic mass is 32.2. The Hall–Kier alpha value is -1.61. The van der Waals surface area contributed by atoms with Gasteiger partial charge in [0.25, 0.3) is 0 Å². The summed E-state index contributed by atoms with van der Waals surface area (Å²) in [5.41, 5.74) is 3.51. The molecule has 0 saturated heterocycles. The minimum atomic E-state index is -0.122. The van der Waals surface area contributed by atoms with Crippen LogP contribution in [-0.4, -0.2) is 37.2 Å². The minimum Gasteiger partial charge on any atom is -0.369 e. The Morgan fingerprint density at radius 3 is 2.80 bits per heavy atom. The number of aromatic nitrogens is 4. The number of thioether (sulfide) groups is 2.